The van der Waals surface area contributed by atoms with Crippen LogP contribution in [0.5, 0.6) is 80.8 Å². The number of H-pyrrole nitrogens is 1. The fraction of sp³-hybridized carbons (Fsp3) is 0.287. The first-order valence-electron chi connectivity index (χ1n) is 42.8. The van der Waals surface area contributed by atoms with Gasteiger partial charge < -0.3 is 77.2 Å². The molecule has 16 heterocycles. The number of nitrogens with one attached hydrogen (secondary N) is 1. The number of nitrogens with zero attached hydrogens (tertiary/aromatic N) is 25. The molecule has 0 aliphatic heterocycles. The highest BCUT2D eigenvalue weighted by Gasteiger charge is 2.29. The van der Waals surface area contributed by atoms with Crippen molar-refractivity contribution >= 4 is 57.8 Å². The first kappa shape index (κ1) is 98.3. The number of aryl methyl sites for hydroxylation is 7. The van der Waals surface area contributed by atoms with Crippen LogP contribution in [-0.2, 0) is 7.05 Å². The van der Waals surface area contributed by atoms with Crippen LogP contribution in [0.2, 0.25) is 0 Å². The number of rotatable bonds is 24. The Morgan fingerprint density at radius 2 is 0.735 bits per heavy atom. The second-order valence-electron chi connectivity index (χ2n) is 32.2. The molecule has 1 aliphatic carbocycles. The minimum atomic E-state index is -0.170. The zero-order chi connectivity index (χ0) is 97.7. The zero-order valence-electron chi connectivity index (χ0n) is 79.0. The van der Waals surface area contributed by atoms with E-state index in [1.54, 1.807) is 171 Å². The van der Waals surface area contributed by atoms with E-state index in [1.807, 2.05) is 88.3 Å². The normalized spacial score (nSPS) is 11.3. The number of anilines is 7. The molecule has 1 aliphatic rings. The number of pyridine rings is 6. The predicted octanol–water partition coefficient (Wildman–Crippen LogP) is 17.2. The molecule has 704 valence electrons. The van der Waals surface area contributed by atoms with Gasteiger partial charge in [0.15, 0.2) is 75.2 Å². The van der Waals surface area contributed by atoms with Crippen LogP contribution in [0.1, 0.15) is 172 Å². The average molecular weight is 1860 g/mol. The lowest BCUT2D eigenvalue weighted by atomic mass is 10.0. The summed E-state index contributed by atoms with van der Waals surface area (Å²) in [4.78, 5) is 93.4. The Bertz CT molecular complexity index is 6550. The van der Waals surface area contributed by atoms with Gasteiger partial charge in [0, 0.05) is 164 Å². The number of nitrogen functional groups attached to an aromatic ring is 6. The van der Waals surface area contributed by atoms with E-state index >= 15 is 0 Å². The monoisotopic (exact) mass is 1860 g/mol. The molecule has 0 aromatic carbocycles. The zero-order valence-corrected chi connectivity index (χ0v) is 79.9. The molecule has 17 rings (SSSR count). The van der Waals surface area contributed by atoms with E-state index in [-0.39, 0.29) is 41.2 Å². The van der Waals surface area contributed by atoms with Crippen LogP contribution < -0.4 is 77.2 Å². The summed E-state index contributed by atoms with van der Waals surface area (Å²) in [5.41, 5.74) is 49.3. The molecule has 0 radical (unpaired) electrons. The maximum Gasteiger partial charge on any atom is 0.243 e. The van der Waals surface area contributed by atoms with Crippen molar-refractivity contribution in [1.29, 1.82) is 0 Å². The number of methoxy groups -OCH3 is 2. The second kappa shape index (κ2) is 45.0. The molecule has 0 atom stereocenters. The SMILES string of the molecule is CC(=O)n1cc(-c2cc(Oc3cnc(C)nc3N)c(C(C)C)cn2)cn1.COc1cc(Oc2cnc(C)nc2N)c(C2CC2)cn1.COc1cc(Oc2cnc(C)nc2N)c(N(C)C)cn1.Cc1ncc(Oc2cc(-c3cn[nH]c3)ncc2C(C)C)c(N)n1.Cc1ncc(Oc2cc(-c3cnn(C)c3)ncc2C(C)C)c(N)n1.Cc1ncc(Oc2cc(-c3cscn3)ncc2C(C)C)c(N)n1. The van der Waals surface area contributed by atoms with E-state index in [4.69, 9.17) is 72.3 Å². The van der Waals surface area contributed by atoms with Gasteiger partial charge in [0.25, 0.3) is 0 Å². The van der Waals surface area contributed by atoms with Gasteiger partial charge in [-0.25, -0.2) is 79.4 Å². The minimum absolute atomic E-state index is 0.170. The first-order chi connectivity index (χ1) is 65.0. The topological polar surface area (TPSA) is 559 Å². The van der Waals surface area contributed by atoms with Crippen LogP contribution in [0.3, 0.4) is 0 Å². The third-order valence-electron chi connectivity index (χ3n) is 20.1. The van der Waals surface area contributed by atoms with Gasteiger partial charge in [0.2, 0.25) is 17.7 Å². The van der Waals surface area contributed by atoms with Crippen LogP contribution in [0.25, 0.3) is 45.2 Å². The average Bonchev–Trinajstić information content (AvgIpc) is 1.67. The lowest BCUT2D eigenvalue weighted by molar-refractivity contribution is 0.0921. The Morgan fingerprint density at radius 3 is 1.05 bits per heavy atom. The smallest absolute Gasteiger partial charge is 0.243 e. The van der Waals surface area contributed by atoms with Crippen LogP contribution in [0, 0.1) is 41.5 Å². The maximum atomic E-state index is 11.4. The predicted molar refractivity (Wildman–Crippen MR) is 517 cm³/mol. The highest BCUT2D eigenvalue weighted by molar-refractivity contribution is 7.07. The molecule has 0 unspecified atom stereocenters. The van der Waals surface area contributed by atoms with Gasteiger partial charge >= 0.3 is 0 Å². The molecule has 0 amide bonds. The largest absolute Gasteiger partial charge is 0.481 e. The van der Waals surface area contributed by atoms with E-state index in [2.05, 4.69) is 157 Å². The summed E-state index contributed by atoms with van der Waals surface area (Å²) in [6, 6.07) is 10.9. The maximum absolute atomic E-state index is 11.4. The Balaban J connectivity index is 0.000000147. The van der Waals surface area contributed by atoms with Gasteiger partial charge in [0.1, 0.15) is 63.7 Å². The molecule has 0 saturated heterocycles. The fourth-order valence-corrected chi connectivity index (χ4v) is 13.3. The number of aromatic nitrogens is 25. The number of thiazole rings is 1. The van der Waals surface area contributed by atoms with Gasteiger partial charge in [-0.15, -0.1) is 11.3 Å². The Kier molecular flexibility index (Phi) is 32.5. The summed E-state index contributed by atoms with van der Waals surface area (Å²) in [6.45, 7) is 28.7. The van der Waals surface area contributed by atoms with Crippen molar-refractivity contribution < 1.29 is 42.7 Å². The number of hydrogen-bond donors (Lipinski definition) is 7. The summed E-state index contributed by atoms with van der Waals surface area (Å²) in [7, 11) is 8.78. The standard InChI is InChI=1S/C18H20N6O2.C17H20N6O.C16H18N6O.C16H17N5OS.C14H16N4O2.C13H17N5O2/c1-10(2)14-7-21-15(13-6-22-24(9-13)12(4)25)5-16(14)26-17-8-20-11(3)23-18(17)19;1-10(2)13-7-20-14(12-6-21-23(4)9-12)5-15(13)24-16-8-19-11(3)22-17(16)18;1-9(2)12-7-19-13(11-5-20-21-6-11)4-14(12)23-15-8-18-10(3)22-16(15)17;1-9(2)11-5-19-12(13-7-23-8-20-13)4-14(11)22-15-6-18-10(3)21-16(15)17;1-8-16-7-12(14(15)18-8)20-11-5-13(19-2)17-6-10(11)9-3-4-9;1-8-15-7-11(13(14)17-8)20-10-5-12(19-4)16-6-9(10)18(2)3/h5-10H,1-4H3,(H2,19,20,23);5-10H,1-4H3,(H2,18,19,22);4-9H,1-3H3,(H,20,21)(H2,17,18,22);4-9H,1-3H3,(H2,17,18,21);5-7,9H,3-4H2,1-2H3,(H2,15,16,18);5-7H,1-4H3,(H2,14,15,17). The summed E-state index contributed by atoms with van der Waals surface area (Å²) in [5.74, 6) is 14.2. The molecule has 13 N–H and O–H groups in total. The highest BCUT2D eigenvalue weighted by atomic mass is 32.1. The van der Waals surface area contributed by atoms with Gasteiger partial charge in [-0.05, 0) is 84.0 Å². The van der Waals surface area contributed by atoms with Gasteiger partial charge in [-0.3, -0.25) is 34.5 Å². The van der Waals surface area contributed by atoms with Crippen molar-refractivity contribution in [3.8, 4) is 126 Å². The third kappa shape index (κ3) is 26.2. The van der Waals surface area contributed by atoms with Crippen molar-refractivity contribution in [2.24, 2.45) is 7.05 Å². The van der Waals surface area contributed by atoms with E-state index in [0.717, 1.165) is 80.2 Å². The molecule has 136 heavy (non-hydrogen) atoms. The van der Waals surface area contributed by atoms with E-state index in [1.165, 1.54) is 22.9 Å². The lowest BCUT2D eigenvalue weighted by Gasteiger charge is -2.18. The number of nitrogens with two attached hydrogens (primary N) is 6. The van der Waals surface area contributed by atoms with Crippen LogP contribution in [0.4, 0.5) is 40.6 Å². The summed E-state index contributed by atoms with van der Waals surface area (Å²) in [5, 5.41) is 16.9. The number of ether oxygens (including phenoxy) is 8. The van der Waals surface area contributed by atoms with E-state index in [9.17, 15) is 4.79 Å². The molecular formula is C94H108N32O9S. The second-order valence-corrected chi connectivity index (χ2v) is 33.0. The Labute approximate surface area is 789 Å². The molecule has 16 aromatic rings. The van der Waals surface area contributed by atoms with Crippen molar-refractivity contribution in [3.63, 3.8) is 0 Å². The van der Waals surface area contributed by atoms with Crippen LogP contribution >= 0.6 is 11.3 Å². The molecule has 0 spiro atoms. The summed E-state index contributed by atoms with van der Waals surface area (Å²) >= 11 is 1.53. The van der Waals surface area contributed by atoms with E-state index < -0.39 is 0 Å². The van der Waals surface area contributed by atoms with Crippen molar-refractivity contribution in [2.75, 3.05) is 67.6 Å². The fourth-order valence-electron chi connectivity index (χ4n) is 12.7. The minimum Gasteiger partial charge on any atom is -0.481 e. The van der Waals surface area contributed by atoms with Crippen molar-refractivity contribution in [1.82, 2.24) is 124 Å². The number of aromatic amines is 1. The van der Waals surface area contributed by atoms with Gasteiger partial charge in [-0.1, -0.05) is 55.4 Å². The Morgan fingerprint density at radius 1 is 0.390 bits per heavy atom. The van der Waals surface area contributed by atoms with E-state index in [0.29, 0.717) is 156 Å². The van der Waals surface area contributed by atoms with Crippen molar-refractivity contribution in [3.05, 3.63) is 222 Å². The number of carbonyl (C=O) groups is 1. The highest BCUT2D eigenvalue weighted by Crippen LogP contribution is 2.47. The molecular weight excluding hydrogens is 1750 g/mol. The summed E-state index contributed by atoms with van der Waals surface area (Å²) < 4.78 is 48.9. The quantitative estimate of drug-likeness (QED) is 0.0295. The van der Waals surface area contributed by atoms with Crippen molar-refractivity contribution in [2.45, 2.75) is 146 Å². The number of carbonyl (C=O) groups excluding carboxylic acids is 1. The Hall–Kier alpha value is -16.7. The molecule has 42 heteroatoms. The first-order valence-corrected chi connectivity index (χ1v) is 43.8. The summed E-state index contributed by atoms with van der Waals surface area (Å²) in [6.07, 6.45) is 32.8. The molecule has 0 bridgehead atoms. The third-order valence-corrected chi connectivity index (χ3v) is 20.7. The number of hydrogen-bond acceptors (Lipinski definition) is 39. The van der Waals surface area contributed by atoms with Crippen LogP contribution in [0.15, 0.2) is 159 Å². The molecule has 16 aromatic heterocycles. The van der Waals surface area contributed by atoms with Gasteiger partial charge in [0.05, 0.1) is 116 Å². The van der Waals surface area contributed by atoms with Crippen LogP contribution in [-0.4, -0.2) is 159 Å². The van der Waals surface area contributed by atoms with Gasteiger partial charge in [-0.2, -0.15) is 15.3 Å². The molecule has 1 saturated carbocycles. The lowest BCUT2D eigenvalue weighted by Crippen LogP contribution is -2.11. The molecule has 1 fully saturated rings. The molecule has 41 nitrogen and oxygen atoms in total.